The van der Waals surface area contributed by atoms with E-state index in [1.807, 2.05) is 17.5 Å². The molecule has 0 aliphatic heterocycles. The van der Waals surface area contributed by atoms with Crippen molar-refractivity contribution in [2.24, 2.45) is 5.84 Å². The second kappa shape index (κ2) is 4.82. The Kier molecular flexibility index (Phi) is 3.02. The highest BCUT2D eigenvalue weighted by atomic mass is 32.2. The van der Waals surface area contributed by atoms with Gasteiger partial charge in [0.2, 0.25) is 0 Å². The van der Waals surface area contributed by atoms with Crippen LogP contribution in [0, 0.1) is 6.92 Å². The molecule has 0 aromatic carbocycles. The number of hydrogen-bond donors (Lipinski definition) is 2. The van der Waals surface area contributed by atoms with Crippen molar-refractivity contribution >= 4 is 23.2 Å². The third-order valence-corrected chi connectivity index (χ3v) is 3.30. The molecule has 0 aliphatic rings. The highest BCUT2D eigenvalue weighted by Crippen LogP contribution is 2.26. The summed E-state index contributed by atoms with van der Waals surface area (Å²) in [6, 6.07) is 0. The highest BCUT2D eigenvalue weighted by molar-refractivity contribution is 7.99. The Balaban J connectivity index is 2.03. The molecule has 0 aliphatic carbocycles. The number of nitrogens with two attached hydrogens (primary N) is 1. The second-order valence-corrected chi connectivity index (χ2v) is 4.83. The Morgan fingerprint density at radius 2 is 2.05 bits per heavy atom. The summed E-state index contributed by atoms with van der Waals surface area (Å²) in [5.41, 5.74) is 4.29. The van der Waals surface area contributed by atoms with Gasteiger partial charge < -0.3 is 9.83 Å². The molecule has 0 radical (unpaired) electrons. The molecule has 19 heavy (non-hydrogen) atoms. The van der Waals surface area contributed by atoms with E-state index in [2.05, 4.69) is 25.4 Å². The SMILES string of the molecule is Cc1cnc(Sc2nc(NN)cn3ccnc23)nc1. The van der Waals surface area contributed by atoms with E-state index in [0.29, 0.717) is 16.0 Å². The highest BCUT2D eigenvalue weighted by Gasteiger charge is 2.10. The van der Waals surface area contributed by atoms with Crippen molar-refractivity contribution in [3.05, 3.63) is 36.5 Å². The van der Waals surface area contributed by atoms with Gasteiger partial charge in [0.15, 0.2) is 16.6 Å². The first kappa shape index (κ1) is 11.9. The van der Waals surface area contributed by atoms with Crippen LogP contribution in [0.2, 0.25) is 0 Å². The van der Waals surface area contributed by atoms with Crippen molar-refractivity contribution in [1.29, 1.82) is 0 Å². The summed E-state index contributed by atoms with van der Waals surface area (Å²) in [6.07, 6.45) is 8.84. The van der Waals surface area contributed by atoms with Crippen LogP contribution in [-0.2, 0) is 0 Å². The Morgan fingerprint density at radius 3 is 2.79 bits per heavy atom. The zero-order valence-electron chi connectivity index (χ0n) is 10.1. The molecule has 8 heteroatoms. The molecule has 7 nitrogen and oxygen atoms in total. The van der Waals surface area contributed by atoms with Gasteiger partial charge in [-0.05, 0) is 24.2 Å². The number of nitrogens with one attached hydrogen (secondary N) is 1. The quantitative estimate of drug-likeness (QED) is 0.421. The zero-order valence-corrected chi connectivity index (χ0v) is 10.9. The number of aryl methyl sites for hydroxylation is 1. The van der Waals surface area contributed by atoms with Crippen LogP contribution < -0.4 is 11.3 Å². The van der Waals surface area contributed by atoms with Gasteiger partial charge in [0.25, 0.3) is 0 Å². The lowest BCUT2D eigenvalue weighted by Crippen LogP contribution is -2.10. The summed E-state index contributed by atoms with van der Waals surface area (Å²) < 4.78 is 1.85. The van der Waals surface area contributed by atoms with Crippen LogP contribution in [0.25, 0.3) is 5.65 Å². The van der Waals surface area contributed by atoms with Gasteiger partial charge in [-0.3, -0.25) is 0 Å². The van der Waals surface area contributed by atoms with Gasteiger partial charge in [-0.1, -0.05) is 0 Å². The third-order valence-electron chi connectivity index (χ3n) is 2.44. The van der Waals surface area contributed by atoms with E-state index in [-0.39, 0.29) is 0 Å². The van der Waals surface area contributed by atoms with Crippen molar-refractivity contribution < 1.29 is 0 Å². The fraction of sp³-hybridized carbons (Fsp3) is 0.0909. The van der Waals surface area contributed by atoms with Crippen LogP contribution in [0.5, 0.6) is 0 Å². The number of hydrazine groups is 1. The molecule has 0 saturated carbocycles. The number of aromatic nitrogens is 5. The lowest BCUT2D eigenvalue weighted by Gasteiger charge is -2.05. The van der Waals surface area contributed by atoms with Crippen LogP contribution >= 0.6 is 11.8 Å². The van der Waals surface area contributed by atoms with Crippen LogP contribution in [0.4, 0.5) is 5.82 Å². The molecule has 3 aromatic heterocycles. The maximum atomic E-state index is 5.40. The lowest BCUT2D eigenvalue weighted by molar-refractivity contribution is 0.940. The summed E-state index contributed by atoms with van der Waals surface area (Å²) in [5, 5.41) is 1.32. The number of anilines is 1. The third kappa shape index (κ3) is 2.35. The first-order chi connectivity index (χ1) is 9.26. The lowest BCUT2D eigenvalue weighted by atomic mass is 10.4. The molecule has 3 rings (SSSR count). The van der Waals surface area contributed by atoms with Gasteiger partial charge in [0, 0.05) is 24.8 Å². The van der Waals surface area contributed by atoms with Crippen molar-refractivity contribution in [3.8, 4) is 0 Å². The van der Waals surface area contributed by atoms with Crippen molar-refractivity contribution in [1.82, 2.24) is 24.3 Å². The van der Waals surface area contributed by atoms with Crippen molar-refractivity contribution in [2.75, 3.05) is 5.43 Å². The Bertz CT molecular complexity index is 707. The Morgan fingerprint density at radius 1 is 1.26 bits per heavy atom. The van der Waals surface area contributed by atoms with Gasteiger partial charge in [-0.25, -0.2) is 25.8 Å². The minimum Gasteiger partial charge on any atom is -0.307 e. The Labute approximate surface area is 113 Å². The number of nitrogen functional groups attached to an aromatic ring is 1. The van der Waals surface area contributed by atoms with E-state index in [9.17, 15) is 0 Å². The molecule has 0 unspecified atom stereocenters. The standard InChI is InChI=1S/C11H11N7S/c1-7-4-14-11(15-5-7)19-10-9-13-2-3-18(9)6-8(16-10)17-12/h2-6,17H,12H2,1H3. The molecule has 3 aromatic rings. The summed E-state index contributed by atoms with van der Waals surface area (Å²) in [5.74, 6) is 5.96. The first-order valence-electron chi connectivity index (χ1n) is 5.53. The summed E-state index contributed by atoms with van der Waals surface area (Å²) >= 11 is 1.35. The number of imidazole rings is 1. The average molecular weight is 273 g/mol. The predicted octanol–water partition coefficient (Wildman–Crippen LogP) is 1.26. The summed E-state index contributed by atoms with van der Waals surface area (Å²) in [7, 11) is 0. The normalized spacial score (nSPS) is 10.8. The van der Waals surface area contributed by atoms with Crippen LogP contribution in [-0.4, -0.2) is 24.3 Å². The number of hydrogen-bond acceptors (Lipinski definition) is 7. The van der Waals surface area contributed by atoms with E-state index in [1.165, 1.54) is 11.8 Å². The van der Waals surface area contributed by atoms with Crippen LogP contribution in [0.15, 0.2) is 41.2 Å². The van der Waals surface area contributed by atoms with Gasteiger partial charge in [-0.15, -0.1) is 0 Å². The molecule has 3 N–H and O–H groups in total. The number of rotatable bonds is 3. The van der Waals surface area contributed by atoms with Crippen molar-refractivity contribution in [3.63, 3.8) is 0 Å². The second-order valence-electron chi connectivity index (χ2n) is 3.88. The molecule has 0 saturated heterocycles. The maximum Gasteiger partial charge on any atom is 0.193 e. The zero-order chi connectivity index (χ0) is 13.2. The largest absolute Gasteiger partial charge is 0.307 e. The fourth-order valence-corrected chi connectivity index (χ4v) is 2.34. The molecule has 3 heterocycles. The Hall–Kier alpha value is -2.19. The monoisotopic (exact) mass is 273 g/mol. The number of nitrogens with zero attached hydrogens (tertiary/aromatic N) is 5. The molecular formula is C11H11N7S. The van der Waals surface area contributed by atoms with Gasteiger partial charge in [0.05, 0.1) is 6.20 Å². The summed E-state index contributed by atoms with van der Waals surface area (Å²) in [6.45, 7) is 1.94. The molecular weight excluding hydrogens is 262 g/mol. The molecule has 0 bridgehead atoms. The van der Waals surface area contributed by atoms with Crippen LogP contribution in [0.3, 0.4) is 0 Å². The minimum absolute atomic E-state index is 0.556. The van der Waals surface area contributed by atoms with E-state index in [0.717, 1.165) is 11.2 Å². The molecule has 0 spiro atoms. The van der Waals surface area contributed by atoms with Gasteiger partial charge >= 0.3 is 0 Å². The topological polar surface area (TPSA) is 94.0 Å². The first-order valence-corrected chi connectivity index (χ1v) is 6.35. The van der Waals surface area contributed by atoms with Crippen molar-refractivity contribution in [2.45, 2.75) is 17.1 Å². The minimum atomic E-state index is 0.556. The molecule has 0 fully saturated rings. The fourth-order valence-electron chi connectivity index (χ4n) is 1.56. The smallest absolute Gasteiger partial charge is 0.193 e. The molecule has 0 amide bonds. The number of fused-ring (bicyclic) bond motifs is 1. The van der Waals surface area contributed by atoms with E-state index >= 15 is 0 Å². The van der Waals surface area contributed by atoms with Gasteiger partial charge in [0.1, 0.15) is 5.03 Å². The maximum absolute atomic E-state index is 5.40. The van der Waals surface area contributed by atoms with E-state index in [1.54, 1.807) is 24.8 Å². The van der Waals surface area contributed by atoms with Gasteiger partial charge in [-0.2, -0.15) is 0 Å². The van der Waals surface area contributed by atoms with Crippen LogP contribution in [0.1, 0.15) is 5.56 Å². The van der Waals surface area contributed by atoms with E-state index < -0.39 is 0 Å². The molecule has 96 valence electrons. The predicted molar refractivity (Wildman–Crippen MR) is 71.7 cm³/mol. The van der Waals surface area contributed by atoms with E-state index in [4.69, 9.17) is 5.84 Å². The average Bonchev–Trinajstić information content (AvgIpc) is 2.89. The summed E-state index contributed by atoms with van der Waals surface area (Å²) in [4.78, 5) is 17.1. The molecule has 0 atom stereocenters.